The number of hydrogen-bond acceptors (Lipinski definition) is 3. The number of hydrogen-bond donors (Lipinski definition) is 1. The Kier molecular flexibility index (Phi) is 6.31. The fourth-order valence-electron chi connectivity index (χ4n) is 3.01. The second-order valence-electron chi connectivity index (χ2n) is 6.04. The minimum absolute atomic E-state index is 0.00451. The molecule has 1 saturated carbocycles. The van der Waals surface area contributed by atoms with Crippen LogP contribution in [-0.4, -0.2) is 22.8 Å². The van der Waals surface area contributed by atoms with Gasteiger partial charge >= 0.3 is 5.97 Å². The molecule has 3 heteroatoms. The van der Waals surface area contributed by atoms with E-state index in [1.54, 1.807) is 0 Å². The summed E-state index contributed by atoms with van der Waals surface area (Å²) in [6, 6.07) is 0. The van der Waals surface area contributed by atoms with Gasteiger partial charge in [0.25, 0.3) is 0 Å². The Morgan fingerprint density at radius 3 is 2.47 bits per heavy atom. The van der Waals surface area contributed by atoms with Gasteiger partial charge < -0.3 is 9.84 Å². The van der Waals surface area contributed by atoms with E-state index in [0.717, 1.165) is 44.9 Å². The van der Waals surface area contributed by atoms with Crippen LogP contribution in [-0.2, 0) is 9.53 Å². The lowest BCUT2D eigenvalue weighted by molar-refractivity contribution is -0.158. The topological polar surface area (TPSA) is 46.5 Å². The van der Waals surface area contributed by atoms with Crippen molar-refractivity contribution in [3.8, 4) is 0 Å². The highest BCUT2D eigenvalue weighted by Gasteiger charge is 2.38. The average molecular weight is 270 g/mol. The molecule has 3 nitrogen and oxygen atoms in total. The molecule has 0 spiro atoms. The Morgan fingerprint density at radius 1 is 1.32 bits per heavy atom. The van der Waals surface area contributed by atoms with E-state index >= 15 is 0 Å². The molecule has 19 heavy (non-hydrogen) atoms. The fraction of sp³-hybridized carbons (Fsp3) is 0.938. The summed E-state index contributed by atoms with van der Waals surface area (Å²) in [6.45, 7) is 8.00. The van der Waals surface area contributed by atoms with Crippen molar-refractivity contribution in [3.05, 3.63) is 0 Å². The lowest BCUT2D eigenvalue weighted by Gasteiger charge is -2.40. The zero-order valence-corrected chi connectivity index (χ0v) is 12.9. The Labute approximate surface area is 117 Å². The van der Waals surface area contributed by atoms with Crippen molar-refractivity contribution in [1.82, 2.24) is 0 Å². The van der Waals surface area contributed by atoms with E-state index in [9.17, 15) is 9.90 Å². The van der Waals surface area contributed by atoms with Crippen molar-refractivity contribution in [3.63, 3.8) is 0 Å². The largest absolute Gasteiger partial charge is 0.462 e. The fourth-order valence-corrected chi connectivity index (χ4v) is 3.01. The minimum atomic E-state index is -0.582. The van der Waals surface area contributed by atoms with Crippen LogP contribution in [0.15, 0.2) is 0 Å². The summed E-state index contributed by atoms with van der Waals surface area (Å²) in [5, 5.41) is 10.6. The van der Waals surface area contributed by atoms with Gasteiger partial charge in [0, 0.05) is 0 Å². The third kappa shape index (κ3) is 4.20. The molecular formula is C16H30O3. The molecule has 0 aromatic heterocycles. The lowest BCUT2D eigenvalue weighted by Crippen LogP contribution is -2.41. The molecule has 1 rings (SSSR count). The maximum absolute atomic E-state index is 11.9. The molecule has 0 aromatic carbocycles. The van der Waals surface area contributed by atoms with Crippen LogP contribution in [0, 0.1) is 11.8 Å². The average Bonchev–Trinajstić information content (AvgIpc) is 2.45. The zero-order valence-electron chi connectivity index (χ0n) is 12.9. The first-order valence-electron chi connectivity index (χ1n) is 7.89. The summed E-state index contributed by atoms with van der Waals surface area (Å²) in [7, 11) is 0. The Balaban J connectivity index is 2.57. The number of aliphatic hydroxyl groups is 1. The van der Waals surface area contributed by atoms with E-state index in [2.05, 4.69) is 0 Å². The summed E-state index contributed by atoms with van der Waals surface area (Å²) >= 11 is 0. The highest BCUT2D eigenvalue weighted by Crippen LogP contribution is 2.38. The minimum Gasteiger partial charge on any atom is -0.462 e. The SMILES string of the molecule is CCC(C)C(=O)OC1CCCC(C(O)(CC)CC)C1. The number of carbonyl (C=O) groups excluding carboxylic acids is 1. The predicted octanol–water partition coefficient (Wildman–Crippen LogP) is 3.69. The van der Waals surface area contributed by atoms with Crippen LogP contribution in [0.3, 0.4) is 0 Å². The van der Waals surface area contributed by atoms with E-state index in [4.69, 9.17) is 4.74 Å². The highest BCUT2D eigenvalue weighted by molar-refractivity contribution is 5.72. The standard InChI is InChI=1S/C16H30O3/c1-5-12(4)15(17)19-14-10-8-9-13(11-14)16(18,6-2)7-3/h12-14,18H,5-11H2,1-4H3. The summed E-state index contributed by atoms with van der Waals surface area (Å²) in [6.07, 6.45) is 6.25. The van der Waals surface area contributed by atoms with E-state index in [1.807, 2.05) is 27.7 Å². The number of esters is 1. The first-order valence-corrected chi connectivity index (χ1v) is 7.89. The maximum Gasteiger partial charge on any atom is 0.308 e. The Hall–Kier alpha value is -0.570. The molecule has 0 aromatic rings. The van der Waals surface area contributed by atoms with E-state index in [1.165, 1.54) is 0 Å². The van der Waals surface area contributed by atoms with Crippen molar-refractivity contribution in [1.29, 1.82) is 0 Å². The van der Waals surface area contributed by atoms with Gasteiger partial charge in [0.05, 0.1) is 11.5 Å². The molecule has 0 amide bonds. The van der Waals surface area contributed by atoms with Gasteiger partial charge in [-0.2, -0.15) is 0 Å². The Morgan fingerprint density at radius 2 is 1.95 bits per heavy atom. The maximum atomic E-state index is 11.9. The van der Waals surface area contributed by atoms with Crippen LogP contribution in [0.25, 0.3) is 0 Å². The molecule has 3 unspecified atom stereocenters. The van der Waals surface area contributed by atoms with Gasteiger partial charge in [-0.05, 0) is 50.9 Å². The molecule has 1 aliphatic rings. The van der Waals surface area contributed by atoms with Crippen molar-refractivity contribution >= 4 is 5.97 Å². The van der Waals surface area contributed by atoms with Gasteiger partial charge in [0.2, 0.25) is 0 Å². The summed E-state index contributed by atoms with van der Waals surface area (Å²) in [5.74, 6) is 0.173. The van der Waals surface area contributed by atoms with Gasteiger partial charge in [0.1, 0.15) is 6.10 Å². The van der Waals surface area contributed by atoms with Crippen molar-refractivity contribution in [2.45, 2.75) is 84.3 Å². The van der Waals surface area contributed by atoms with Crippen LogP contribution in [0.2, 0.25) is 0 Å². The van der Waals surface area contributed by atoms with Gasteiger partial charge in [-0.3, -0.25) is 4.79 Å². The number of rotatable bonds is 6. The molecule has 1 N–H and O–H groups in total. The quantitative estimate of drug-likeness (QED) is 0.749. The molecule has 0 bridgehead atoms. The van der Waals surface area contributed by atoms with Crippen LogP contribution in [0.1, 0.15) is 72.6 Å². The van der Waals surface area contributed by atoms with Crippen molar-refractivity contribution < 1.29 is 14.6 Å². The molecular weight excluding hydrogens is 240 g/mol. The van der Waals surface area contributed by atoms with Crippen molar-refractivity contribution in [2.75, 3.05) is 0 Å². The molecule has 0 saturated heterocycles. The van der Waals surface area contributed by atoms with Crippen LogP contribution in [0.4, 0.5) is 0 Å². The predicted molar refractivity (Wildman–Crippen MR) is 76.8 cm³/mol. The lowest BCUT2D eigenvalue weighted by atomic mass is 9.73. The van der Waals surface area contributed by atoms with Crippen LogP contribution < -0.4 is 0 Å². The number of carbonyl (C=O) groups is 1. The first-order chi connectivity index (χ1) is 8.96. The zero-order chi connectivity index (χ0) is 14.5. The van der Waals surface area contributed by atoms with E-state index in [0.29, 0.717) is 0 Å². The number of ether oxygens (including phenoxy) is 1. The third-order valence-electron chi connectivity index (χ3n) is 4.91. The second kappa shape index (κ2) is 7.28. The molecule has 0 aliphatic heterocycles. The van der Waals surface area contributed by atoms with Crippen LogP contribution in [0.5, 0.6) is 0 Å². The summed E-state index contributed by atoms with van der Waals surface area (Å²) in [4.78, 5) is 11.9. The van der Waals surface area contributed by atoms with E-state index < -0.39 is 5.60 Å². The smallest absolute Gasteiger partial charge is 0.308 e. The monoisotopic (exact) mass is 270 g/mol. The molecule has 0 heterocycles. The summed E-state index contributed by atoms with van der Waals surface area (Å²) in [5.41, 5.74) is -0.582. The van der Waals surface area contributed by atoms with Gasteiger partial charge in [-0.25, -0.2) is 0 Å². The molecule has 0 radical (unpaired) electrons. The van der Waals surface area contributed by atoms with Crippen LogP contribution >= 0.6 is 0 Å². The normalized spacial score (nSPS) is 25.9. The first kappa shape index (κ1) is 16.5. The highest BCUT2D eigenvalue weighted by atomic mass is 16.5. The van der Waals surface area contributed by atoms with Gasteiger partial charge in [-0.15, -0.1) is 0 Å². The molecule has 1 fully saturated rings. The van der Waals surface area contributed by atoms with E-state index in [-0.39, 0.29) is 23.9 Å². The summed E-state index contributed by atoms with van der Waals surface area (Å²) < 4.78 is 5.61. The second-order valence-corrected chi connectivity index (χ2v) is 6.04. The van der Waals surface area contributed by atoms with Crippen molar-refractivity contribution in [2.24, 2.45) is 11.8 Å². The molecule has 3 atom stereocenters. The molecule has 112 valence electrons. The van der Waals surface area contributed by atoms with Gasteiger partial charge in [-0.1, -0.05) is 27.7 Å². The Bertz CT molecular complexity index is 284. The van der Waals surface area contributed by atoms with Gasteiger partial charge in [0.15, 0.2) is 0 Å². The molecule has 1 aliphatic carbocycles. The third-order valence-corrected chi connectivity index (χ3v) is 4.91.